The van der Waals surface area contributed by atoms with E-state index in [4.69, 9.17) is 44.8 Å². The van der Waals surface area contributed by atoms with Gasteiger partial charge in [0.2, 0.25) is 11.5 Å². The summed E-state index contributed by atoms with van der Waals surface area (Å²) in [6, 6.07) is 8.84. The molecule has 0 aromatic heterocycles. The van der Waals surface area contributed by atoms with Gasteiger partial charge in [-0.3, -0.25) is 4.79 Å². The molecule has 0 spiro atoms. The number of halogens is 2. The third-order valence-corrected chi connectivity index (χ3v) is 7.00. The number of ketones is 1. The van der Waals surface area contributed by atoms with Gasteiger partial charge < -0.3 is 38.5 Å². The summed E-state index contributed by atoms with van der Waals surface area (Å²) in [5.74, 6) is 2.76. The number of allylic oxidation sites excluding steroid dienone is 1. The van der Waals surface area contributed by atoms with E-state index in [9.17, 15) is 4.79 Å². The number of hydrogen-bond acceptors (Lipinski definition) is 9. The zero-order chi connectivity index (χ0) is 30.1. The van der Waals surface area contributed by atoms with Crippen molar-refractivity contribution in [2.45, 2.75) is 0 Å². The van der Waals surface area contributed by atoms with Crippen LogP contribution in [0.1, 0.15) is 21.5 Å². The maximum Gasteiger partial charge on any atom is 0.204 e. The molecule has 0 saturated carbocycles. The van der Waals surface area contributed by atoms with E-state index in [2.05, 4.69) is 21.2 Å². The van der Waals surface area contributed by atoms with Gasteiger partial charge in [0.05, 0.1) is 65.0 Å². The van der Waals surface area contributed by atoms with Gasteiger partial charge in [0.15, 0.2) is 34.5 Å². The van der Waals surface area contributed by atoms with Crippen molar-refractivity contribution in [2.75, 3.05) is 55.1 Å². The number of ether oxygens (including phenoxy) is 7. The van der Waals surface area contributed by atoms with Crippen LogP contribution in [0, 0.1) is 0 Å². The van der Waals surface area contributed by atoms with Crippen molar-refractivity contribution in [1.29, 1.82) is 0 Å². The SMILES string of the molecule is COc1cc(C=Cc2cc(Cl)c(OC)c(NC=CC(=O)c3cc(OC)c(OC)c(OC)c3Br)c2)cc(OC)c1OC. The summed E-state index contributed by atoms with van der Waals surface area (Å²) < 4.78 is 38.4. The van der Waals surface area contributed by atoms with Crippen molar-refractivity contribution in [3.05, 3.63) is 68.8 Å². The highest BCUT2D eigenvalue weighted by Crippen LogP contribution is 2.45. The molecular formula is C30H31BrClNO8. The third kappa shape index (κ3) is 7.01. The molecule has 0 radical (unpaired) electrons. The fraction of sp³-hybridized carbons (Fsp3) is 0.233. The third-order valence-electron chi connectivity index (χ3n) is 5.93. The van der Waals surface area contributed by atoms with Gasteiger partial charge in [-0.25, -0.2) is 0 Å². The Morgan fingerprint density at radius 3 is 1.71 bits per heavy atom. The summed E-state index contributed by atoms with van der Waals surface area (Å²) in [5.41, 5.74) is 2.48. The van der Waals surface area contributed by atoms with Crippen molar-refractivity contribution in [2.24, 2.45) is 0 Å². The molecule has 0 saturated heterocycles. The average molecular weight is 649 g/mol. The van der Waals surface area contributed by atoms with Gasteiger partial charge in [0, 0.05) is 17.8 Å². The van der Waals surface area contributed by atoms with Crippen LogP contribution in [-0.4, -0.2) is 55.6 Å². The molecule has 0 heterocycles. The Morgan fingerprint density at radius 1 is 0.683 bits per heavy atom. The topological polar surface area (TPSA) is 93.7 Å². The average Bonchev–Trinajstić information content (AvgIpc) is 2.98. The Balaban J connectivity index is 1.90. The fourth-order valence-corrected chi connectivity index (χ4v) is 4.97. The van der Waals surface area contributed by atoms with Crippen LogP contribution in [0.2, 0.25) is 5.02 Å². The number of rotatable bonds is 13. The zero-order valence-corrected chi connectivity index (χ0v) is 26.1. The van der Waals surface area contributed by atoms with Crippen LogP contribution >= 0.6 is 27.5 Å². The van der Waals surface area contributed by atoms with Crippen LogP contribution in [0.25, 0.3) is 12.2 Å². The largest absolute Gasteiger partial charge is 0.493 e. The summed E-state index contributed by atoms with van der Waals surface area (Å²) in [6.07, 6.45) is 6.63. The summed E-state index contributed by atoms with van der Waals surface area (Å²) in [7, 11) is 10.6. The number of anilines is 1. The van der Waals surface area contributed by atoms with Crippen molar-refractivity contribution in [1.82, 2.24) is 0 Å². The number of hydrogen-bond donors (Lipinski definition) is 1. The first-order valence-corrected chi connectivity index (χ1v) is 13.2. The van der Waals surface area contributed by atoms with E-state index in [1.54, 1.807) is 33.5 Å². The second-order valence-corrected chi connectivity index (χ2v) is 9.42. The van der Waals surface area contributed by atoms with Crippen molar-refractivity contribution < 1.29 is 38.0 Å². The molecule has 218 valence electrons. The Labute approximate surface area is 252 Å². The van der Waals surface area contributed by atoms with Crippen LogP contribution in [0.4, 0.5) is 5.69 Å². The predicted octanol–water partition coefficient (Wildman–Crippen LogP) is 7.14. The molecule has 0 atom stereocenters. The number of benzene rings is 3. The lowest BCUT2D eigenvalue weighted by atomic mass is 10.1. The molecular weight excluding hydrogens is 618 g/mol. The van der Waals surface area contributed by atoms with Crippen LogP contribution in [0.15, 0.2) is 47.1 Å². The van der Waals surface area contributed by atoms with E-state index in [1.807, 2.05) is 30.4 Å². The van der Waals surface area contributed by atoms with Gasteiger partial charge in [0.1, 0.15) is 0 Å². The van der Waals surface area contributed by atoms with Gasteiger partial charge in [-0.1, -0.05) is 23.8 Å². The summed E-state index contributed by atoms with van der Waals surface area (Å²) >= 11 is 9.95. The standard InChI is InChI=1S/C30H31BrClNO8/c1-35-23-14-18(15-24(36-2)28(23)39-5)9-8-17-12-20(32)27(38-4)21(13-17)33-11-10-22(34)19-16-25(37-3)29(40-6)30(41-7)26(19)31/h8-16,33H,1-7H3. The van der Waals surface area contributed by atoms with E-state index in [0.717, 1.165) is 11.1 Å². The number of methoxy groups -OCH3 is 7. The molecule has 3 aromatic rings. The first-order valence-electron chi connectivity index (χ1n) is 12.1. The first kappa shape index (κ1) is 31.5. The summed E-state index contributed by atoms with van der Waals surface area (Å²) in [4.78, 5) is 13.1. The predicted molar refractivity (Wildman–Crippen MR) is 164 cm³/mol. The number of nitrogens with one attached hydrogen (secondary N) is 1. The highest BCUT2D eigenvalue weighted by Gasteiger charge is 2.22. The quantitative estimate of drug-likeness (QED) is 0.118. The second kappa shape index (κ2) is 14.6. The number of carbonyl (C=O) groups excluding carboxylic acids is 1. The van der Waals surface area contributed by atoms with Gasteiger partial charge in [-0.2, -0.15) is 0 Å². The van der Waals surface area contributed by atoms with E-state index < -0.39 is 0 Å². The van der Waals surface area contributed by atoms with Crippen molar-refractivity contribution >= 4 is 51.2 Å². The minimum Gasteiger partial charge on any atom is -0.493 e. The van der Waals surface area contributed by atoms with E-state index in [-0.39, 0.29) is 5.78 Å². The highest BCUT2D eigenvalue weighted by molar-refractivity contribution is 9.10. The summed E-state index contributed by atoms with van der Waals surface area (Å²) in [5, 5.41) is 3.47. The maximum absolute atomic E-state index is 13.1. The lowest BCUT2D eigenvalue weighted by Crippen LogP contribution is -2.03. The van der Waals surface area contributed by atoms with Gasteiger partial charge >= 0.3 is 0 Å². The minimum atomic E-state index is -0.313. The van der Waals surface area contributed by atoms with Crippen LogP contribution in [0.3, 0.4) is 0 Å². The molecule has 3 rings (SSSR count). The molecule has 11 heteroatoms. The fourth-order valence-electron chi connectivity index (χ4n) is 4.01. The molecule has 0 fully saturated rings. The maximum atomic E-state index is 13.1. The lowest BCUT2D eigenvalue weighted by molar-refractivity contribution is 0.104. The molecule has 1 N–H and O–H groups in total. The Bertz CT molecular complexity index is 1450. The van der Waals surface area contributed by atoms with E-state index >= 15 is 0 Å². The molecule has 0 aliphatic rings. The van der Waals surface area contributed by atoms with Crippen LogP contribution < -0.4 is 38.5 Å². The molecule has 41 heavy (non-hydrogen) atoms. The molecule has 0 aliphatic heterocycles. The Morgan fingerprint density at radius 2 is 1.20 bits per heavy atom. The van der Waals surface area contributed by atoms with Crippen molar-refractivity contribution in [3.63, 3.8) is 0 Å². The van der Waals surface area contributed by atoms with Crippen LogP contribution in [0.5, 0.6) is 40.2 Å². The Hall–Kier alpha value is -4.02. The van der Waals surface area contributed by atoms with Gasteiger partial charge in [-0.15, -0.1) is 0 Å². The second-order valence-electron chi connectivity index (χ2n) is 8.22. The Kier molecular flexibility index (Phi) is 11.2. The monoisotopic (exact) mass is 647 g/mol. The molecule has 0 unspecified atom stereocenters. The van der Waals surface area contributed by atoms with Gasteiger partial charge in [-0.05, 0) is 57.4 Å². The normalized spacial score (nSPS) is 11.0. The van der Waals surface area contributed by atoms with E-state index in [0.29, 0.717) is 61.0 Å². The zero-order valence-electron chi connectivity index (χ0n) is 23.7. The first-order chi connectivity index (χ1) is 19.8. The van der Waals surface area contributed by atoms with E-state index in [1.165, 1.54) is 40.7 Å². The van der Waals surface area contributed by atoms with Gasteiger partial charge in [0.25, 0.3) is 0 Å². The molecule has 3 aromatic carbocycles. The molecule has 0 aliphatic carbocycles. The lowest BCUT2D eigenvalue weighted by Gasteiger charge is -2.15. The smallest absolute Gasteiger partial charge is 0.204 e. The molecule has 9 nitrogen and oxygen atoms in total. The summed E-state index contributed by atoms with van der Waals surface area (Å²) in [6.45, 7) is 0. The van der Waals surface area contributed by atoms with Crippen LogP contribution in [-0.2, 0) is 0 Å². The highest BCUT2D eigenvalue weighted by atomic mass is 79.9. The van der Waals surface area contributed by atoms with Crippen molar-refractivity contribution in [3.8, 4) is 40.2 Å². The number of carbonyl (C=O) groups is 1. The molecule has 0 bridgehead atoms. The minimum absolute atomic E-state index is 0.313. The molecule has 0 amide bonds.